The lowest BCUT2D eigenvalue weighted by Crippen LogP contribution is -2.24. The zero-order valence-electron chi connectivity index (χ0n) is 15.6. The second-order valence-corrected chi connectivity index (χ2v) is 6.83. The third-order valence-electron chi connectivity index (χ3n) is 4.61. The molecule has 0 spiro atoms. The standard InChI is InChI=1S/C19H19F3N6O/c1-2-7-28-9-11-8-12(3-4-13(11)17(28)29)25-18-26-15-14(5-6-23-15)16(27-18)24-10-19(20,21)22/h3-6,8H,2,7,9-10H2,1H3,(H3,23,24,25,26,27). The van der Waals surface area contributed by atoms with Gasteiger partial charge in [-0.2, -0.15) is 23.1 Å². The zero-order valence-corrected chi connectivity index (χ0v) is 15.6. The van der Waals surface area contributed by atoms with E-state index in [0.717, 1.165) is 12.0 Å². The molecule has 0 unspecified atom stereocenters. The summed E-state index contributed by atoms with van der Waals surface area (Å²) in [5, 5.41) is 5.81. The largest absolute Gasteiger partial charge is 0.405 e. The van der Waals surface area contributed by atoms with Crippen LogP contribution in [0.15, 0.2) is 30.5 Å². The first-order valence-electron chi connectivity index (χ1n) is 9.19. The molecule has 0 radical (unpaired) electrons. The van der Waals surface area contributed by atoms with Gasteiger partial charge in [0.1, 0.15) is 18.0 Å². The van der Waals surface area contributed by atoms with Gasteiger partial charge < -0.3 is 20.5 Å². The summed E-state index contributed by atoms with van der Waals surface area (Å²) in [5.41, 5.74) is 2.63. The van der Waals surface area contributed by atoms with Gasteiger partial charge in [0, 0.05) is 30.5 Å². The van der Waals surface area contributed by atoms with Crippen molar-refractivity contribution in [3.63, 3.8) is 0 Å². The van der Waals surface area contributed by atoms with E-state index >= 15 is 0 Å². The minimum absolute atomic E-state index is 0.0103. The molecule has 2 aromatic heterocycles. The van der Waals surface area contributed by atoms with Crippen molar-refractivity contribution < 1.29 is 18.0 Å². The number of amides is 1. The van der Waals surface area contributed by atoms with Crippen molar-refractivity contribution in [2.45, 2.75) is 26.1 Å². The molecule has 3 heterocycles. The lowest BCUT2D eigenvalue weighted by atomic mass is 10.1. The van der Waals surface area contributed by atoms with Crippen LogP contribution in [0, 0.1) is 0 Å². The predicted octanol–water partition coefficient (Wildman–Crippen LogP) is 4.04. The molecule has 29 heavy (non-hydrogen) atoms. The van der Waals surface area contributed by atoms with E-state index in [4.69, 9.17) is 0 Å². The Balaban J connectivity index is 1.59. The van der Waals surface area contributed by atoms with Gasteiger partial charge >= 0.3 is 6.18 Å². The summed E-state index contributed by atoms with van der Waals surface area (Å²) in [4.78, 5) is 25.5. The number of carbonyl (C=O) groups is 1. The van der Waals surface area contributed by atoms with E-state index < -0.39 is 12.7 Å². The smallest absolute Gasteiger partial charge is 0.360 e. The van der Waals surface area contributed by atoms with Crippen LogP contribution < -0.4 is 10.6 Å². The average Bonchev–Trinajstić information content (AvgIpc) is 3.24. The van der Waals surface area contributed by atoms with Gasteiger partial charge in [-0.25, -0.2) is 0 Å². The number of aromatic nitrogens is 3. The van der Waals surface area contributed by atoms with Crippen LogP contribution in [0.3, 0.4) is 0 Å². The first-order chi connectivity index (χ1) is 13.8. The summed E-state index contributed by atoms with van der Waals surface area (Å²) in [6, 6.07) is 6.93. The number of hydrogen-bond acceptors (Lipinski definition) is 5. The average molecular weight is 404 g/mol. The number of alkyl halides is 3. The summed E-state index contributed by atoms with van der Waals surface area (Å²) in [6.45, 7) is 2.04. The van der Waals surface area contributed by atoms with E-state index in [-0.39, 0.29) is 17.7 Å². The molecular formula is C19H19F3N6O. The highest BCUT2D eigenvalue weighted by Crippen LogP contribution is 2.28. The molecule has 1 amide bonds. The number of carbonyl (C=O) groups excluding carboxylic acids is 1. The maximum absolute atomic E-state index is 12.6. The first kappa shape index (κ1) is 19.0. The SMILES string of the molecule is CCCN1Cc2cc(Nc3nc(NCC(F)(F)F)c4cc[nH]c4n3)ccc2C1=O. The normalized spacial score (nSPS) is 13.8. The van der Waals surface area contributed by atoms with Crippen LogP contribution in [0.25, 0.3) is 11.0 Å². The lowest BCUT2D eigenvalue weighted by molar-refractivity contribution is -0.115. The number of nitrogens with zero attached hydrogens (tertiary/aromatic N) is 3. The number of benzene rings is 1. The fourth-order valence-electron chi connectivity index (χ4n) is 3.35. The molecule has 3 N–H and O–H groups in total. The number of halogens is 3. The van der Waals surface area contributed by atoms with Gasteiger partial charge in [0.15, 0.2) is 0 Å². The molecule has 152 valence electrons. The fourth-order valence-corrected chi connectivity index (χ4v) is 3.35. The highest BCUT2D eigenvalue weighted by atomic mass is 19.4. The molecule has 0 bridgehead atoms. The molecule has 0 aliphatic carbocycles. The molecule has 1 aliphatic rings. The molecule has 1 aliphatic heterocycles. The van der Waals surface area contributed by atoms with Gasteiger partial charge in [-0.05, 0) is 36.2 Å². The number of anilines is 3. The summed E-state index contributed by atoms with van der Waals surface area (Å²) < 4.78 is 37.8. The van der Waals surface area contributed by atoms with E-state index in [9.17, 15) is 18.0 Å². The molecule has 0 saturated heterocycles. The molecule has 10 heteroatoms. The van der Waals surface area contributed by atoms with E-state index in [1.807, 2.05) is 13.0 Å². The summed E-state index contributed by atoms with van der Waals surface area (Å²) in [5.74, 6) is 0.247. The third kappa shape index (κ3) is 3.96. The Morgan fingerprint density at radius 2 is 2.07 bits per heavy atom. The van der Waals surface area contributed by atoms with E-state index in [2.05, 4.69) is 25.6 Å². The fraction of sp³-hybridized carbons (Fsp3) is 0.316. The maximum Gasteiger partial charge on any atom is 0.405 e. The maximum atomic E-state index is 12.6. The molecule has 3 aromatic rings. The van der Waals surface area contributed by atoms with E-state index in [1.165, 1.54) is 0 Å². The Labute approximate surface area is 164 Å². The summed E-state index contributed by atoms with van der Waals surface area (Å²) in [7, 11) is 0. The number of fused-ring (bicyclic) bond motifs is 2. The quantitative estimate of drug-likeness (QED) is 0.577. The van der Waals surface area contributed by atoms with Crippen LogP contribution in [0.1, 0.15) is 29.3 Å². The van der Waals surface area contributed by atoms with Crippen LogP contribution in [0.5, 0.6) is 0 Å². The first-order valence-corrected chi connectivity index (χ1v) is 9.19. The van der Waals surface area contributed by atoms with Gasteiger partial charge in [0.05, 0.1) is 5.39 Å². The van der Waals surface area contributed by atoms with Crippen LogP contribution in [-0.4, -0.2) is 45.0 Å². The molecular weight excluding hydrogens is 385 g/mol. The van der Waals surface area contributed by atoms with Gasteiger partial charge in [-0.1, -0.05) is 6.92 Å². The van der Waals surface area contributed by atoms with Crippen molar-refractivity contribution in [2.24, 2.45) is 0 Å². The Hall–Kier alpha value is -3.30. The zero-order chi connectivity index (χ0) is 20.6. The van der Waals surface area contributed by atoms with Gasteiger partial charge in [0.25, 0.3) is 5.91 Å². The van der Waals surface area contributed by atoms with Crippen LogP contribution >= 0.6 is 0 Å². The third-order valence-corrected chi connectivity index (χ3v) is 4.61. The molecule has 0 saturated carbocycles. The second-order valence-electron chi connectivity index (χ2n) is 6.83. The minimum Gasteiger partial charge on any atom is -0.360 e. The van der Waals surface area contributed by atoms with Gasteiger partial charge in [0.2, 0.25) is 5.95 Å². The highest BCUT2D eigenvalue weighted by molar-refractivity contribution is 5.99. The van der Waals surface area contributed by atoms with Crippen LogP contribution in [-0.2, 0) is 6.54 Å². The number of aromatic amines is 1. The Morgan fingerprint density at radius 3 is 2.83 bits per heavy atom. The summed E-state index contributed by atoms with van der Waals surface area (Å²) in [6.07, 6.45) is -1.90. The molecule has 1 aromatic carbocycles. The summed E-state index contributed by atoms with van der Waals surface area (Å²) >= 11 is 0. The second kappa shape index (κ2) is 7.26. The Bertz CT molecular complexity index is 1060. The van der Waals surface area contributed by atoms with Crippen molar-refractivity contribution in [3.05, 3.63) is 41.6 Å². The minimum atomic E-state index is -4.36. The topological polar surface area (TPSA) is 85.9 Å². The lowest BCUT2D eigenvalue weighted by Gasteiger charge is -2.13. The van der Waals surface area contributed by atoms with Crippen LogP contribution in [0.2, 0.25) is 0 Å². The van der Waals surface area contributed by atoms with Crippen molar-refractivity contribution in [1.82, 2.24) is 19.9 Å². The Kier molecular flexibility index (Phi) is 4.77. The van der Waals surface area contributed by atoms with Crippen molar-refractivity contribution in [3.8, 4) is 0 Å². The van der Waals surface area contributed by atoms with Crippen LogP contribution in [0.4, 0.5) is 30.6 Å². The van der Waals surface area contributed by atoms with Crippen molar-refractivity contribution in [2.75, 3.05) is 23.7 Å². The number of nitrogens with one attached hydrogen (secondary N) is 3. The Morgan fingerprint density at radius 1 is 1.24 bits per heavy atom. The number of rotatable bonds is 6. The molecule has 0 fully saturated rings. The van der Waals surface area contributed by atoms with Crippen molar-refractivity contribution in [1.29, 1.82) is 0 Å². The molecule has 7 nitrogen and oxygen atoms in total. The van der Waals surface area contributed by atoms with Crippen molar-refractivity contribution >= 4 is 34.4 Å². The molecule has 4 rings (SSSR count). The van der Waals surface area contributed by atoms with E-state index in [0.29, 0.717) is 35.4 Å². The monoisotopic (exact) mass is 404 g/mol. The number of hydrogen-bond donors (Lipinski definition) is 3. The predicted molar refractivity (Wildman–Crippen MR) is 103 cm³/mol. The van der Waals surface area contributed by atoms with E-state index in [1.54, 1.807) is 29.3 Å². The molecule has 0 atom stereocenters. The van der Waals surface area contributed by atoms with Gasteiger partial charge in [-0.3, -0.25) is 4.79 Å². The number of H-pyrrole nitrogens is 1. The van der Waals surface area contributed by atoms with Gasteiger partial charge in [-0.15, -0.1) is 0 Å². The highest BCUT2D eigenvalue weighted by Gasteiger charge is 2.28.